The number of rotatable bonds is 3. The van der Waals surface area contributed by atoms with Crippen LogP contribution in [-0.2, 0) is 11.1 Å². The highest BCUT2D eigenvalue weighted by Crippen LogP contribution is 2.40. The molecule has 2 aromatic heterocycles. The zero-order valence-electron chi connectivity index (χ0n) is 14.6. The third kappa shape index (κ3) is 2.80. The van der Waals surface area contributed by atoms with Crippen LogP contribution in [0, 0.1) is 5.82 Å². The minimum atomic E-state index is -4.57. The summed E-state index contributed by atoms with van der Waals surface area (Å²) in [5, 5.41) is 0.199. The first kappa shape index (κ1) is 17.9. The summed E-state index contributed by atoms with van der Waals surface area (Å²) >= 11 is 0. The highest BCUT2D eigenvalue weighted by molar-refractivity contribution is 7.60. The van der Waals surface area contributed by atoms with Crippen molar-refractivity contribution in [3.8, 4) is 11.5 Å². The van der Waals surface area contributed by atoms with Crippen LogP contribution in [0.5, 0.6) is 11.5 Å². The number of halogens is 1. The van der Waals surface area contributed by atoms with Crippen molar-refractivity contribution in [1.82, 2.24) is 14.5 Å². The minimum Gasteiger partial charge on any atom is -0.454 e. The summed E-state index contributed by atoms with van der Waals surface area (Å²) in [6.07, 6.45) is 1.49. The Morgan fingerprint density at radius 1 is 1.24 bits per heavy atom. The molecule has 2 aromatic carbocycles. The first-order valence-electron chi connectivity index (χ1n) is 8.47. The molecule has 3 heterocycles. The van der Waals surface area contributed by atoms with Crippen molar-refractivity contribution in [2.24, 2.45) is 0 Å². The summed E-state index contributed by atoms with van der Waals surface area (Å²) in [6.45, 7) is -0.0646. The van der Waals surface area contributed by atoms with Gasteiger partial charge in [0.1, 0.15) is 11.3 Å². The zero-order valence-corrected chi connectivity index (χ0v) is 15.5. The molecule has 0 spiro atoms. The molecule has 0 saturated carbocycles. The summed E-state index contributed by atoms with van der Waals surface area (Å²) in [5.41, 5.74) is 1.13. The van der Waals surface area contributed by atoms with E-state index in [4.69, 9.17) is 9.47 Å². The van der Waals surface area contributed by atoms with E-state index in [0.29, 0.717) is 33.4 Å². The van der Waals surface area contributed by atoms with Crippen LogP contribution < -0.4 is 20.5 Å². The van der Waals surface area contributed by atoms with Crippen LogP contribution in [-0.4, -0.2) is 31.1 Å². The fourth-order valence-corrected chi connectivity index (χ4v) is 4.00. The topological polar surface area (TPSA) is 127 Å². The number of aromatic amines is 1. The van der Waals surface area contributed by atoms with E-state index in [1.54, 1.807) is 12.1 Å². The van der Waals surface area contributed by atoms with Gasteiger partial charge in [0.25, 0.3) is 0 Å². The van der Waals surface area contributed by atoms with Gasteiger partial charge in [-0.25, -0.2) is 14.2 Å². The van der Waals surface area contributed by atoms with Crippen LogP contribution in [0.15, 0.2) is 41.3 Å². The molecule has 0 saturated heterocycles. The van der Waals surface area contributed by atoms with Crippen LogP contribution in [0.1, 0.15) is 5.56 Å². The Kier molecular flexibility index (Phi) is 3.79. The van der Waals surface area contributed by atoms with E-state index in [0.717, 1.165) is 12.1 Å². The Balaban J connectivity index is 1.69. The third-order valence-corrected chi connectivity index (χ3v) is 5.76. The number of ether oxygens (including phenoxy) is 2. The molecular weight excluding hydrogens is 404 g/mol. The van der Waals surface area contributed by atoms with E-state index in [1.807, 2.05) is 0 Å². The van der Waals surface area contributed by atoms with Crippen LogP contribution in [0.3, 0.4) is 0 Å². The van der Waals surface area contributed by atoms with Crippen molar-refractivity contribution in [2.45, 2.75) is 6.54 Å². The fourth-order valence-electron chi connectivity index (χ4n) is 3.45. The molecule has 148 valence electrons. The average molecular weight is 417 g/mol. The fraction of sp³-hybridized carbons (Fsp3) is 0.111. The largest absolute Gasteiger partial charge is 0.454 e. The summed E-state index contributed by atoms with van der Waals surface area (Å²) in [7, 11) is -4.57. The molecule has 5 rings (SSSR count). The van der Waals surface area contributed by atoms with Crippen molar-refractivity contribution < 1.29 is 28.2 Å². The SMILES string of the molecule is O=c1[nH]c2cnc3c4c(ccc3c2n1Cc1ccc(P(=O)(O)O)cc1F)OCO4. The highest BCUT2D eigenvalue weighted by Gasteiger charge is 2.22. The number of H-pyrrole nitrogens is 1. The van der Waals surface area contributed by atoms with Gasteiger partial charge in [-0.05, 0) is 24.3 Å². The monoisotopic (exact) mass is 417 g/mol. The number of pyridine rings is 1. The predicted molar refractivity (Wildman–Crippen MR) is 101 cm³/mol. The molecule has 0 atom stereocenters. The Labute approximate surface area is 161 Å². The first-order valence-corrected chi connectivity index (χ1v) is 10.1. The Morgan fingerprint density at radius 3 is 2.83 bits per heavy atom. The van der Waals surface area contributed by atoms with Crippen LogP contribution in [0.4, 0.5) is 4.39 Å². The van der Waals surface area contributed by atoms with E-state index >= 15 is 0 Å². The summed E-state index contributed by atoms with van der Waals surface area (Å²) in [5.74, 6) is 0.206. The highest BCUT2D eigenvalue weighted by atomic mass is 31.2. The number of fused-ring (bicyclic) bond motifs is 5. The van der Waals surface area contributed by atoms with E-state index in [2.05, 4.69) is 9.97 Å². The molecule has 29 heavy (non-hydrogen) atoms. The van der Waals surface area contributed by atoms with Gasteiger partial charge in [0.2, 0.25) is 6.79 Å². The van der Waals surface area contributed by atoms with Crippen LogP contribution >= 0.6 is 7.60 Å². The Morgan fingerprint density at radius 2 is 2.07 bits per heavy atom. The number of nitrogens with one attached hydrogen (secondary N) is 1. The predicted octanol–water partition coefficient (Wildman–Crippen LogP) is 1.60. The molecule has 3 N–H and O–H groups in total. The maximum absolute atomic E-state index is 14.5. The Hall–Kier alpha value is -3.20. The quantitative estimate of drug-likeness (QED) is 0.432. The second-order valence-electron chi connectivity index (χ2n) is 6.55. The molecule has 0 radical (unpaired) electrons. The van der Waals surface area contributed by atoms with Gasteiger partial charge in [0.05, 0.1) is 29.1 Å². The van der Waals surface area contributed by atoms with Gasteiger partial charge in [-0.15, -0.1) is 0 Å². The molecule has 1 aliphatic rings. The lowest BCUT2D eigenvalue weighted by Gasteiger charge is -2.10. The molecule has 0 amide bonds. The lowest BCUT2D eigenvalue weighted by molar-refractivity contribution is 0.174. The molecule has 0 bridgehead atoms. The van der Waals surface area contributed by atoms with Gasteiger partial charge in [-0.1, -0.05) is 6.07 Å². The maximum atomic E-state index is 14.5. The number of nitrogens with zero attached hydrogens (tertiary/aromatic N) is 2. The van der Waals surface area contributed by atoms with Gasteiger partial charge >= 0.3 is 13.3 Å². The molecule has 0 aliphatic carbocycles. The second kappa shape index (κ2) is 6.15. The zero-order chi connectivity index (χ0) is 20.3. The molecule has 11 heteroatoms. The van der Waals surface area contributed by atoms with Gasteiger partial charge in [0, 0.05) is 10.9 Å². The first-order chi connectivity index (χ1) is 13.8. The van der Waals surface area contributed by atoms with E-state index in [9.17, 15) is 23.5 Å². The summed E-state index contributed by atoms with van der Waals surface area (Å²) in [4.78, 5) is 38.0. The van der Waals surface area contributed by atoms with Gasteiger partial charge in [-0.3, -0.25) is 9.13 Å². The lowest BCUT2D eigenvalue weighted by Crippen LogP contribution is -2.18. The van der Waals surface area contributed by atoms with Crippen molar-refractivity contribution in [1.29, 1.82) is 0 Å². The van der Waals surface area contributed by atoms with E-state index in [-0.39, 0.29) is 18.9 Å². The number of aromatic nitrogens is 3. The van der Waals surface area contributed by atoms with Crippen molar-refractivity contribution in [3.63, 3.8) is 0 Å². The standard InChI is InChI=1S/C18H13FN3O6P/c19-12-5-10(29(24,25)26)2-1-9(12)7-22-16-11-3-4-14-17(28-8-27-14)15(11)20-6-13(16)21-18(22)23/h1-6H,7-8H2,(H,21,23)(H2,24,25,26). The van der Waals surface area contributed by atoms with E-state index < -0.39 is 24.4 Å². The Bertz CT molecular complexity index is 1410. The molecule has 9 nitrogen and oxygen atoms in total. The maximum Gasteiger partial charge on any atom is 0.356 e. The van der Waals surface area contributed by atoms with E-state index in [1.165, 1.54) is 16.8 Å². The molecule has 0 fully saturated rings. The molecule has 4 aromatic rings. The van der Waals surface area contributed by atoms with Crippen molar-refractivity contribution in [3.05, 3.63) is 58.4 Å². The average Bonchev–Trinajstić information content (AvgIpc) is 3.26. The molecular formula is C18H13FN3O6P. The van der Waals surface area contributed by atoms with Crippen molar-refractivity contribution in [2.75, 3.05) is 6.79 Å². The van der Waals surface area contributed by atoms with Gasteiger partial charge < -0.3 is 24.2 Å². The number of hydrogen-bond acceptors (Lipinski definition) is 5. The summed E-state index contributed by atoms with van der Waals surface area (Å²) < 4.78 is 38.0. The number of hydrogen-bond donors (Lipinski definition) is 3. The molecule has 1 aliphatic heterocycles. The normalized spacial score (nSPS) is 13.5. The lowest BCUT2D eigenvalue weighted by atomic mass is 10.1. The second-order valence-corrected chi connectivity index (χ2v) is 8.16. The summed E-state index contributed by atoms with van der Waals surface area (Å²) in [6, 6.07) is 6.65. The molecule has 0 unspecified atom stereocenters. The number of imidazole rings is 1. The minimum absolute atomic E-state index is 0.0746. The van der Waals surface area contributed by atoms with Gasteiger partial charge in [0.15, 0.2) is 11.5 Å². The van der Waals surface area contributed by atoms with Crippen LogP contribution in [0.2, 0.25) is 0 Å². The third-order valence-electron chi connectivity index (χ3n) is 4.80. The smallest absolute Gasteiger partial charge is 0.356 e. The van der Waals surface area contributed by atoms with Crippen LogP contribution in [0.25, 0.3) is 21.9 Å². The van der Waals surface area contributed by atoms with Gasteiger partial charge in [-0.2, -0.15) is 0 Å². The number of benzene rings is 2. The van der Waals surface area contributed by atoms with Crippen molar-refractivity contribution >= 4 is 34.8 Å².